The Morgan fingerprint density at radius 1 is 1.00 bits per heavy atom. The molecule has 3 heterocycles. The van der Waals surface area contributed by atoms with E-state index in [9.17, 15) is 4.79 Å². The van der Waals surface area contributed by atoms with Gasteiger partial charge in [0.05, 0.1) is 37.7 Å². The first-order chi connectivity index (χ1) is 19.0. The van der Waals surface area contributed by atoms with Crippen LogP contribution in [0.4, 0.5) is 5.69 Å². The number of thiocarbonyl (C=S) groups is 1. The van der Waals surface area contributed by atoms with E-state index in [0.717, 1.165) is 28.5 Å². The predicted octanol–water partition coefficient (Wildman–Crippen LogP) is 5.20. The lowest BCUT2D eigenvalue weighted by Gasteiger charge is -2.29. The van der Waals surface area contributed by atoms with E-state index >= 15 is 0 Å². The number of carbonyl (C=O) groups excluding carboxylic acids is 1. The van der Waals surface area contributed by atoms with Gasteiger partial charge in [-0.15, -0.1) is 0 Å². The number of ether oxygens (including phenoxy) is 2. The molecule has 200 valence electrons. The van der Waals surface area contributed by atoms with E-state index < -0.39 is 0 Å². The standard InChI is InChI=1S/C30H31N5O3S/c1-20-11-16-25(35(20)21-12-14-22(37-2)15-13-21)29-28(24-9-6-7-18-31-24)33-30(39)34(29)19-17-27(36)32-23-8-4-5-10-26(23)38-3/h4-16,18,28-29H,17,19H2,1-3H3,(H,32,36)(H,33,39)/t28-,29+/m1/s1. The second-order valence-electron chi connectivity index (χ2n) is 9.25. The summed E-state index contributed by atoms with van der Waals surface area (Å²) >= 11 is 5.82. The Kier molecular flexibility index (Phi) is 7.79. The zero-order valence-corrected chi connectivity index (χ0v) is 22.9. The Morgan fingerprint density at radius 3 is 2.49 bits per heavy atom. The lowest BCUT2D eigenvalue weighted by atomic mass is 10.0. The molecule has 4 aromatic rings. The maximum absolute atomic E-state index is 13.0. The van der Waals surface area contributed by atoms with Crippen molar-refractivity contribution in [1.82, 2.24) is 19.8 Å². The summed E-state index contributed by atoms with van der Waals surface area (Å²) in [6, 6.07) is 25.1. The molecule has 2 aromatic carbocycles. The number of para-hydroxylation sites is 2. The van der Waals surface area contributed by atoms with Crippen molar-refractivity contribution in [3.63, 3.8) is 0 Å². The van der Waals surface area contributed by atoms with E-state index in [-0.39, 0.29) is 24.4 Å². The summed E-state index contributed by atoms with van der Waals surface area (Å²) in [5.41, 5.74) is 4.66. The Labute approximate surface area is 233 Å². The number of amides is 1. The van der Waals surface area contributed by atoms with Crippen molar-refractivity contribution in [2.24, 2.45) is 0 Å². The Balaban J connectivity index is 1.46. The molecule has 2 N–H and O–H groups in total. The number of anilines is 1. The minimum absolute atomic E-state index is 0.121. The molecule has 0 saturated carbocycles. The van der Waals surface area contributed by atoms with Crippen LogP contribution in [0, 0.1) is 6.92 Å². The highest BCUT2D eigenvalue weighted by atomic mass is 32.1. The van der Waals surface area contributed by atoms with Crippen LogP contribution in [-0.2, 0) is 4.79 Å². The molecule has 1 amide bonds. The Bertz CT molecular complexity index is 1460. The van der Waals surface area contributed by atoms with Crippen molar-refractivity contribution in [1.29, 1.82) is 0 Å². The van der Waals surface area contributed by atoms with Crippen molar-refractivity contribution < 1.29 is 14.3 Å². The number of pyridine rings is 1. The quantitative estimate of drug-likeness (QED) is 0.282. The summed E-state index contributed by atoms with van der Waals surface area (Å²) in [7, 11) is 3.24. The van der Waals surface area contributed by atoms with Crippen molar-refractivity contribution in [3.8, 4) is 17.2 Å². The highest BCUT2D eigenvalue weighted by Gasteiger charge is 2.41. The summed E-state index contributed by atoms with van der Waals surface area (Å²) < 4.78 is 13.0. The van der Waals surface area contributed by atoms with Gasteiger partial charge in [-0.3, -0.25) is 9.78 Å². The zero-order valence-electron chi connectivity index (χ0n) is 22.1. The van der Waals surface area contributed by atoms with Gasteiger partial charge in [0.2, 0.25) is 5.91 Å². The van der Waals surface area contributed by atoms with Gasteiger partial charge >= 0.3 is 0 Å². The molecule has 2 aromatic heterocycles. The Hall–Kier alpha value is -4.37. The minimum Gasteiger partial charge on any atom is -0.497 e. The predicted molar refractivity (Wildman–Crippen MR) is 155 cm³/mol. The molecule has 0 radical (unpaired) electrons. The zero-order chi connectivity index (χ0) is 27.4. The number of aryl methyl sites for hydroxylation is 1. The topological polar surface area (TPSA) is 80.7 Å². The van der Waals surface area contributed by atoms with Gasteiger partial charge in [-0.25, -0.2) is 0 Å². The van der Waals surface area contributed by atoms with Crippen LogP contribution in [0.1, 0.15) is 35.6 Å². The van der Waals surface area contributed by atoms with Gasteiger partial charge in [0, 0.05) is 36.2 Å². The van der Waals surface area contributed by atoms with E-state index in [4.69, 9.17) is 21.7 Å². The van der Waals surface area contributed by atoms with Crippen molar-refractivity contribution in [2.75, 3.05) is 26.1 Å². The average Bonchev–Trinajstić information content (AvgIpc) is 3.51. The molecule has 9 heteroatoms. The summed E-state index contributed by atoms with van der Waals surface area (Å²) in [6.07, 6.45) is 2.03. The van der Waals surface area contributed by atoms with Gasteiger partial charge in [-0.1, -0.05) is 18.2 Å². The van der Waals surface area contributed by atoms with E-state index in [1.165, 1.54) is 0 Å². The fourth-order valence-electron chi connectivity index (χ4n) is 5.02. The van der Waals surface area contributed by atoms with Crippen molar-refractivity contribution >= 4 is 28.9 Å². The molecule has 1 aliphatic rings. The van der Waals surface area contributed by atoms with E-state index in [1.807, 2.05) is 66.7 Å². The van der Waals surface area contributed by atoms with E-state index in [0.29, 0.717) is 23.1 Å². The first-order valence-corrected chi connectivity index (χ1v) is 13.1. The van der Waals surface area contributed by atoms with E-state index in [1.54, 1.807) is 20.4 Å². The van der Waals surface area contributed by atoms with Crippen LogP contribution in [0.25, 0.3) is 5.69 Å². The third kappa shape index (κ3) is 5.44. The van der Waals surface area contributed by atoms with Crippen molar-refractivity contribution in [2.45, 2.75) is 25.4 Å². The van der Waals surface area contributed by atoms with Crippen molar-refractivity contribution in [3.05, 3.63) is 102 Å². The number of rotatable bonds is 9. The van der Waals surface area contributed by atoms with Gasteiger partial charge in [0.25, 0.3) is 0 Å². The molecule has 0 aliphatic carbocycles. The van der Waals surface area contributed by atoms with Crippen LogP contribution >= 0.6 is 12.2 Å². The molecule has 1 fully saturated rings. The van der Waals surface area contributed by atoms with Crippen LogP contribution in [0.15, 0.2) is 85.1 Å². The highest BCUT2D eigenvalue weighted by Crippen LogP contribution is 2.40. The molecular formula is C30H31N5O3S. The molecule has 5 rings (SSSR count). The number of nitrogens with zero attached hydrogens (tertiary/aromatic N) is 3. The summed E-state index contributed by atoms with van der Waals surface area (Å²) in [5.74, 6) is 1.29. The van der Waals surface area contributed by atoms with Gasteiger partial charge in [0.15, 0.2) is 5.11 Å². The SMILES string of the molecule is COc1ccc(-n2c(C)ccc2[C@H]2[C@@H](c3ccccn3)NC(=S)N2CCC(=O)Nc2ccccc2OC)cc1. The van der Waals surface area contributed by atoms with Crippen LogP contribution in [-0.4, -0.2) is 46.2 Å². The molecule has 2 atom stereocenters. The monoisotopic (exact) mass is 541 g/mol. The summed E-state index contributed by atoms with van der Waals surface area (Å²) in [6.45, 7) is 2.50. The fraction of sp³-hybridized carbons (Fsp3) is 0.233. The number of aromatic nitrogens is 2. The number of carbonyl (C=O) groups is 1. The maximum Gasteiger partial charge on any atom is 0.226 e. The molecule has 0 unspecified atom stereocenters. The lowest BCUT2D eigenvalue weighted by Crippen LogP contribution is -2.33. The average molecular weight is 542 g/mol. The molecule has 0 spiro atoms. The van der Waals surface area contributed by atoms with Gasteiger partial charge < -0.3 is 29.6 Å². The number of benzene rings is 2. The molecule has 39 heavy (non-hydrogen) atoms. The molecule has 1 saturated heterocycles. The summed E-state index contributed by atoms with van der Waals surface area (Å²) in [5, 5.41) is 7.03. The van der Waals surface area contributed by atoms with Crippen LogP contribution in [0.5, 0.6) is 11.5 Å². The third-order valence-corrected chi connectivity index (χ3v) is 7.25. The highest BCUT2D eigenvalue weighted by molar-refractivity contribution is 7.80. The van der Waals surface area contributed by atoms with Crippen LogP contribution < -0.4 is 20.1 Å². The number of methoxy groups -OCH3 is 2. The second-order valence-corrected chi connectivity index (χ2v) is 9.64. The molecule has 1 aliphatic heterocycles. The van der Waals surface area contributed by atoms with Crippen LogP contribution in [0.2, 0.25) is 0 Å². The smallest absolute Gasteiger partial charge is 0.226 e. The lowest BCUT2D eigenvalue weighted by molar-refractivity contribution is -0.116. The summed E-state index contributed by atoms with van der Waals surface area (Å²) in [4.78, 5) is 19.7. The normalized spacial score (nSPS) is 16.6. The van der Waals surface area contributed by atoms with Gasteiger partial charge in [-0.05, 0) is 79.8 Å². The molecule has 8 nitrogen and oxygen atoms in total. The minimum atomic E-state index is -0.192. The van der Waals surface area contributed by atoms with Gasteiger partial charge in [0.1, 0.15) is 11.5 Å². The van der Waals surface area contributed by atoms with E-state index in [2.05, 4.69) is 44.1 Å². The number of hydrogen-bond acceptors (Lipinski definition) is 5. The second kappa shape index (κ2) is 11.6. The maximum atomic E-state index is 13.0. The first kappa shape index (κ1) is 26.2. The number of nitrogens with one attached hydrogen (secondary N) is 2. The van der Waals surface area contributed by atoms with Crippen LogP contribution in [0.3, 0.4) is 0 Å². The molecular weight excluding hydrogens is 510 g/mol. The largest absolute Gasteiger partial charge is 0.497 e. The Morgan fingerprint density at radius 2 is 1.77 bits per heavy atom. The number of hydrogen-bond donors (Lipinski definition) is 2. The molecule has 0 bridgehead atoms. The third-order valence-electron chi connectivity index (χ3n) is 6.90. The fourth-order valence-corrected chi connectivity index (χ4v) is 5.36. The first-order valence-electron chi connectivity index (χ1n) is 12.7. The van der Waals surface area contributed by atoms with Gasteiger partial charge in [-0.2, -0.15) is 0 Å².